The average molecular weight is 162 g/mol. The van der Waals surface area contributed by atoms with Crippen molar-refractivity contribution in [1.29, 1.82) is 0 Å². The molecule has 2 nitrogen and oxygen atoms in total. The summed E-state index contributed by atoms with van der Waals surface area (Å²) in [6, 6.07) is 0. The second-order valence-electron chi connectivity index (χ2n) is 0. The van der Waals surface area contributed by atoms with Crippen LogP contribution in [0.25, 0.3) is 0 Å². The summed E-state index contributed by atoms with van der Waals surface area (Å²) < 4.78 is 0. The van der Waals surface area contributed by atoms with Gasteiger partial charge < -0.3 is 11.0 Å². The van der Waals surface area contributed by atoms with E-state index in [1.54, 1.807) is 0 Å². The summed E-state index contributed by atoms with van der Waals surface area (Å²) in [5.74, 6) is 0. The topological polar surface area (TPSA) is 63.0 Å². The first-order valence-electron chi connectivity index (χ1n) is 0. The van der Waals surface area contributed by atoms with Gasteiger partial charge in [0, 0.05) is 0 Å². The first-order chi connectivity index (χ1) is 0. The van der Waals surface area contributed by atoms with Gasteiger partial charge in [-0.2, -0.15) is 0 Å². The van der Waals surface area contributed by atoms with E-state index in [4.69, 9.17) is 0 Å². The Kier molecular flexibility index (Phi) is 245. The maximum absolute atomic E-state index is 0. The summed E-state index contributed by atoms with van der Waals surface area (Å²) in [6.45, 7) is 0. The first-order valence-corrected chi connectivity index (χ1v) is 0. The van der Waals surface area contributed by atoms with Crippen LogP contribution in [0.2, 0.25) is 0 Å². The fraction of sp³-hybridized carbons (Fsp3) is 0. The molecule has 0 bridgehead atoms. The van der Waals surface area contributed by atoms with Crippen molar-refractivity contribution in [2.45, 2.75) is 0 Å². The minimum atomic E-state index is 0. The molecule has 0 rings (SSSR count). The molecule has 0 heterocycles. The number of hydrogen-bond donors (Lipinski definition) is 0. The molecule has 0 spiro atoms. The van der Waals surface area contributed by atoms with E-state index >= 15 is 0 Å². The zero-order valence-electron chi connectivity index (χ0n) is 1.41. The molecular weight excluding hydrogens is 155 g/mol. The van der Waals surface area contributed by atoms with Crippen LogP contribution in [-0.4, -0.2) is 56.4 Å². The Morgan fingerprint density at radius 1 is 0.750 bits per heavy atom. The molecule has 0 saturated heterocycles. The molecule has 0 aliphatic carbocycles. The van der Waals surface area contributed by atoms with E-state index < -0.39 is 0 Å². The SMILES string of the molecule is Cl.O.O.[SrH2]. The zero-order chi connectivity index (χ0) is 0. The molecule has 4 heavy (non-hydrogen) atoms. The molecule has 0 fully saturated rings. The second kappa shape index (κ2) is 22.4. The molecule has 4 N–H and O–H groups in total. The standard InChI is InChI=1S/ClH.2H2O.Sr.2H/h1H;2*1H2;;;. The maximum atomic E-state index is 0. The monoisotopic (exact) mass is 162 g/mol. The van der Waals surface area contributed by atoms with Crippen LogP contribution in [0.4, 0.5) is 0 Å². The predicted octanol–water partition coefficient (Wildman–Crippen LogP) is -2.14. The van der Waals surface area contributed by atoms with Gasteiger partial charge in [0.15, 0.2) is 0 Å². The third kappa shape index (κ3) is 9.35. The first kappa shape index (κ1) is 43.8. The fourth-order valence-corrected chi connectivity index (χ4v) is 0. The van der Waals surface area contributed by atoms with Crippen LogP contribution in [-0.2, 0) is 0 Å². The predicted molar refractivity (Wildman–Crippen MR) is 23.0 cm³/mol. The summed E-state index contributed by atoms with van der Waals surface area (Å²) in [5, 5.41) is 0. The molecule has 0 aliphatic rings. The van der Waals surface area contributed by atoms with Gasteiger partial charge in [-0.1, -0.05) is 0 Å². The molecule has 0 aliphatic heterocycles. The minimum absolute atomic E-state index is 0. The van der Waals surface area contributed by atoms with Crippen LogP contribution >= 0.6 is 12.4 Å². The summed E-state index contributed by atoms with van der Waals surface area (Å²) in [6.07, 6.45) is 0. The van der Waals surface area contributed by atoms with Crippen LogP contribution in [0, 0.1) is 0 Å². The Hall–Kier alpha value is 1.69. The molecule has 0 amide bonds. The van der Waals surface area contributed by atoms with Gasteiger partial charge in [-0.25, -0.2) is 0 Å². The van der Waals surface area contributed by atoms with Gasteiger partial charge in [0.05, 0.1) is 0 Å². The molecule has 0 aromatic carbocycles. The Labute approximate surface area is 67.9 Å². The van der Waals surface area contributed by atoms with E-state index in [9.17, 15) is 0 Å². The van der Waals surface area contributed by atoms with Crippen molar-refractivity contribution in [2.75, 3.05) is 0 Å². The van der Waals surface area contributed by atoms with Gasteiger partial charge in [-0.15, -0.1) is 12.4 Å². The Balaban J connectivity index is 0. The molecule has 0 atom stereocenters. The van der Waals surface area contributed by atoms with Gasteiger partial charge in [0.25, 0.3) is 0 Å². The summed E-state index contributed by atoms with van der Waals surface area (Å²) in [7, 11) is 0. The Morgan fingerprint density at radius 2 is 0.750 bits per heavy atom. The van der Waals surface area contributed by atoms with E-state index in [1.807, 2.05) is 0 Å². The normalized spacial score (nSPS) is 0. The van der Waals surface area contributed by atoms with Crippen molar-refractivity contribution in [3.8, 4) is 0 Å². The van der Waals surface area contributed by atoms with Crippen molar-refractivity contribution in [3.63, 3.8) is 0 Å². The van der Waals surface area contributed by atoms with Crippen LogP contribution in [0.1, 0.15) is 0 Å². The van der Waals surface area contributed by atoms with Crippen molar-refractivity contribution in [3.05, 3.63) is 0 Å². The van der Waals surface area contributed by atoms with E-state index in [0.29, 0.717) is 0 Å². The third-order valence-electron chi connectivity index (χ3n) is 0. The number of hydrogen-bond acceptors (Lipinski definition) is 0. The van der Waals surface area contributed by atoms with Gasteiger partial charge in [-0.05, 0) is 0 Å². The van der Waals surface area contributed by atoms with Crippen molar-refractivity contribution in [2.24, 2.45) is 0 Å². The van der Waals surface area contributed by atoms with E-state index in [-0.39, 0.29) is 68.8 Å². The summed E-state index contributed by atoms with van der Waals surface area (Å²) >= 11 is 0. The average Bonchev–Trinajstić information content (AvgIpc) is 0. The number of rotatable bonds is 0. The molecule has 0 aromatic rings. The molecule has 0 saturated carbocycles. The van der Waals surface area contributed by atoms with Crippen molar-refractivity contribution in [1.82, 2.24) is 0 Å². The Bertz CT molecular complexity index is 6.00. The third-order valence-corrected chi connectivity index (χ3v) is 0. The quantitative estimate of drug-likeness (QED) is 0.365. The van der Waals surface area contributed by atoms with Crippen LogP contribution in [0.3, 0.4) is 0 Å². The van der Waals surface area contributed by atoms with Gasteiger partial charge in [0.1, 0.15) is 0 Å². The van der Waals surface area contributed by atoms with Gasteiger partial charge in [-0.3, -0.25) is 0 Å². The van der Waals surface area contributed by atoms with E-state index in [0.717, 1.165) is 0 Å². The zero-order valence-corrected chi connectivity index (χ0v) is 2.22. The second-order valence-corrected chi connectivity index (χ2v) is 0. The molecular formula is H7ClO2Sr. The molecule has 0 radical (unpaired) electrons. The van der Waals surface area contributed by atoms with Gasteiger partial charge >= 0.3 is 45.5 Å². The fourth-order valence-electron chi connectivity index (χ4n) is 0. The summed E-state index contributed by atoms with van der Waals surface area (Å²) in [4.78, 5) is 0. The van der Waals surface area contributed by atoms with Gasteiger partial charge in [0.2, 0.25) is 0 Å². The van der Waals surface area contributed by atoms with Crippen molar-refractivity contribution >= 4 is 57.9 Å². The summed E-state index contributed by atoms with van der Waals surface area (Å²) in [5.41, 5.74) is 0. The van der Waals surface area contributed by atoms with Crippen LogP contribution in [0.5, 0.6) is 0 Å². The van der Waals surface area contributed by atoms with Crippen molar-refractivity contribution < 1.29 is 11.0 Å². The van der Waals surface area contributed by atoms with Crippen LogP contribution < -0.4 is 0 Å². The number of halogens is 1. The molecule has 0 aromatic heterocycles. The molecule has 0 unspecified atom stereocenters. The van der Waals surface area contributed by atoms with Crippen LogP contribution in [0.15, 0.2) is 0 Å². The van der Waals surface area contributed by atoms with E-state index in [2.05, 4.69) is 0 Å². The molecule has 4 heteroatoms. The Morgan fingerprint density at radius 3 is 0.750 bits per heavy atom. The van der Waals surface area contributed by atoms with E-state index in [1.165, 1.54) is 0 Å². The molecule has 28 valence electrons.